The maximum absolute atomic E-state index is 12.3. The fourth-order valence-corrected chi connectivity index (χ4v) is 3.80. The summed E-state index contributed by atoms with van der Waals surface area (Å²) in [6.07, 6.45) is 2.86. The van der Waals surface area contributed by atoms with Gasteiger partial charge in [0.2, 0.25) is 5.91 Å². The fourth-order valence-electron chi connectivity index (χ4n) is 2.82. The van der Waals surface area contributed by atoms with Crippen LogP contribution in [-0.2, 0) is 4.79 Å². The molecule has 5 nitrogen and oxygen atoms in total. The Balaban J connectivity index is 1.36. The number of nitrogens with zero attached hydrogens (tertiary/aromatic N) is 2. The van der Waals surface area contributed by atoms with E-state index in [1.165, 1.54) is 6.26 Å². The van der Waals surface area contributed by atoms with Gasteiger partial charge >= 0.3 is 0 Å². The van der Waals surface area contributed by atoms with Crippen molar-refractivity contribution in [2.75, 3.05) is 31.9 Å². The monoisotopic (exact) mass is 392 g/mol. The molecule has 0 aliphatic carbocycles. The number of rotatable bonds is 6. The molecule has 0 radical (unpaired) electrons. The van der Waals surface area contributed by atoms with E-state index < -0.39 is 0 Å². The number of hydrogen-bond donors (Lipinski definition) is 0. The minimum absolute atomic E-state index is 0.110. The summed E-state index contributed by atoms with van der Waals surface area (Å²) < 4.78 is 5.15. The largest absolute Gasteiger partial charge is 0.459 e. The molecule has 26 heavy (non-hydrogen) atoms. The lowest BCUT2D eigenvalue weighted by molar-refractivity contribution is -0.132. The van der Waals surface area contributed by atoms with Crippen LogP contribution in [0.3, 0.4) is 0 Å². The molecule has 1 saturated heterocycles. The van der Waals surface area contributed by atoms with Gasteiger partial charge in [-0.25, -0.2) is 0 Å². The fraction of sp³-hybridized carbons (Fsp3) is 0.368. The number of hydrogen-bond acceptors (Lipinski definition) is 4. The van der Waals surface area contributed by atoms with Crippen LogP contribution in [0.2, 0.25) is 5.02 Å². The number of carbonyl (C=O) groups is 2. The van der Waals surface area contributed by atoms with E-state index in [2.05, 4.69) is 0 Å². The van der Waals surface area contributed by atoms with Crippen LogP contribution >= 0.6 is 23.4 Å². The minimum atomic E-state index is -0.110. The SMILES string of the molecule is O=C(CCCSc1ccc(Cl)cc1)N1CCN(C(=O)c2ccco2)CC1. The van der Waals surface area contributed by atoms with Crippen LogP contribution in [-0.4, -0.2) is 53.5 Å². The molecule has 1 aromatic carbocycles. The Kier molecular flexibility index (Phi) is 6.63. The maximum atomic E-state index is 12.3. The van der Waals surface area contributed by atoms with Crippen molar-refractivity contribution in [3.8, 4) is 0 Å². The topological polar surface area (TPSA) is 53.8 Å². The van der Waals surface area contributed by atoms with Crippen molar-refractivity contribution in [2.45, 2.75) is 17.7 Å². The number of benzene rings is 1. The first kappa shape index (κ1) is 18.9. The normalized spacial score (nSPS) is 14.5. The first-order chi connectivity index (χ1) is 12.6. The van der Waals surface area contributed by atoms with Crippen LogP contribution in [0.5, 0.6) is 0 Å². The van der Waals surface area contributed by atoms with Crippen molar-refractivity contribution in [1.29, 1.82) is 0 Å². The van der Waals surface area contributed by atoms with E-state index in [1.54, 1.807) is 28.8 Å². The second-order valence-electron chi connectivity index (χ2n) is 6.06. The third kappa shape index (κ3) is 5.05. The van der Waals surface area contributed by atoms with Crippen LogP contribution < -0.4 is 0 Å². The smallest absolute Gasteiger partial charge is 0.289 e. The molecule has 1 fully saturated rings. The Hall–Kier alpha value is -1.92. The summed E-state index contributed by atoms with van der Waals surface area (Å²) in [7, 11) is 0. The van der Waals surface area contributed by atoms with Crippen LogP contribution in [0.1, 0.15) is 23.4 Å². The molecule has 0 unspecified atom stereocenters. The number of halogens is 1. The minimum Gasteiger partial charge on any atom is -0.459 e. The highest BCUT2D eigenvalue weighted by Crippen LogP contribution is 2.21. The van der Waals surface area contributed by atoms with Gasteiger partial charge in [-0.3, -0.25) is 9.59 Å². The molecular weight excluding hydrogens is 372 g/mol. The number of piperazine rings is 1. The van der Waals surface area contributed by atoms with Crippen molar-refractivity contribution in [1.82, 2.24) is 9.80 Å². The van der Waals surface area contributed by atoms with Crippen molar-refractivity contribution in [3.05, 3.63) is 53.4 Å². The summed E-state index contributed by atoms with van der Waals surface area (Å²) in [6.45, 7) is 2.25. The molecule has 2 heterocycles. The van der Waals surface area contributed by atoms with Gasteiger partial charge in [0.25, 0.3) is 5.91 Å². The Morgan fingerprint density at radius 1 is 1.04 bits per heavy atom. The van der Waals surface area contributed by atoms with E-state index in [0.717, 1.165) is 22.1 Å². The zero-order chi connectivity index (χ0) is 18.4. The highest BCUT2D eigenvalue weighted by Gasteiger charge is 2.25. The number of amides is 2. The van der Waals surface area contributed by atoms with Crippen LogP contribution in [0, 0.1) is 0 Å². The van der Waals surface area contributed by atoms with Gasteiger partial charge in [-0.05, 0) is 48.6 Å². The molecule has 1 aliphatic rings. The second-order valence-corrected chi connectivity index (χ2v) is 7.66. The molecule has 1 aromatic heterocycles. The molecule has 0 bridgehead atoms. The predicted molar refractivity (Wildman–Crippen MR) is 103 cm³/mol. The Morgan fingerprint density at radius 3 is 2.38 bits per heavy atom. The molecule has 2 amide bonds. The lowest BCUT2D eigenvalue weighted by Gasteiger charge is -2.34. The van der Waals surface area contributed by atoms with Gasteiger partial charge in [-0.15, -0.1) is 11.8 Å². The van der Waals surface area contributed by atoms with Crippen LogP contribution in [0.4, 0.5) is 0 Å². The van der Waals surface area contributed by atoms with Gasteiger partial charge in [0.05, 0.1) is 6.26 Å². The van der Waals surface area contributed by atoms with Crippen molar-refractivity contribution < 1.29 is 14.0 Å². The number of thioether (sulfide) groups is 1. The van der Waals surface area contributed by atoms with Gasteiger partial charge < -0.3 is 14.2 Å². The van der Waals surface area contributed by atoms with Crippen LogP contribution in [0.25, 0.3) is 0 Å². The van der Waals surface area contributed by atoms with E-state index in [-0.39, 0.29) is 11.8 Å². The van der Waals surface area contributed by atoms with E-state index in [0.29, 0.717) is 38.4 Å². The Bertz CT molecular complexity index is 726. The second kappa shape index (κ2) is 9.14. The molecule has 2 aromatic rings. The van der Waals surface area contributed by atoms with Crippen LogP contribution in [0.15, 0.2) is 52.0 Å². The maximum Gasteiger partial charge on any atom is 0.289 e. The molecular formula is C19H21ClN2O3S. The molecule has 0 spiro atoms. The molecule has 1 aliphatic heterocycles. The summed E-state index contributed by atoms with van der Waals surface area (Å²) in [6, 6.07) is 11.1. The lowest BCUT2D eigenvalue weighted by atomic mass is 10.2. The average Bonchev–Trinajstić information content (AvgIpc) is 3.21. The number of carbonyl (C=O) groups excluding carboxylic acids is 2. The standard InChI is InChI=1S/C19H21ClN2O3S/c20-15-5-7-16(8-6-15)26-14-2-4-18(23)21-9-11-22(12-10-21)19(24)17-3-1-13-25-17/h1,3,5-8,13H,2,4,9-12,14H2. The van der Waals surface area contributed by atoms with Gasteiger partial charge in [-0.2, -0.15) is 0 Å². The summed E-state index contributed by atoms with van der Waals surface area (Å²) in [5.74, 6) is 1.29. The molecule has 3 rings (SSSR count). The number of furan rings is 1. The zero-order valence-electron chi connectivity index (χ0n) is 14.4. The van der Waals surface area contributed by atoms with Crippen molar-refractivity contribution >= 4 is 35.2 Å². The summed E-state index contributed by atoms with van der Waals surface area (Å²) in [5, 5.41) is 0.731. The average molecular weight is 393 g/mol. The van der Waals surface area contributed by atoms with Gasteiger partial charge in [0.15, 0.2) is 5.76 Å². The highest BCUT2D eigenvalue weighted by molar-refractivity contribution is 7.99. The summed E-state index contributed by atoms with van der Waals surface area (Å²) >= 11 is 7.60. The quantitative estimate of drug-likeness (QED) is 0.554. The van der Waals surface area contributed by atoms with E-state index in [4.69, 9.17) is 16.0 Å². The molecule has 0 atom stereocenters. The molecule has 0 saturated carbocycles. The van der Waals surface area contributed by atoms with Crippen molar-refractivity contribution in [3.63, 3.8) is 0 Å². The van der Waals surface area contributed by atoms with Gasteiger partial charge in [0.1, 0.15) is 0 Å². The van der Waals surface area contributed by atoms with Gasteiger partial charge in [0, 0.05) is 42.5 Å². The van der Waals surface area contributed by atoms with E-state index in [9.17, 15) is 9.59 Å². The van der Waals surface area contributed by atoms with Crippen molar-refractivity contribution in [2.24, 2.45) is 0 Å². The highest BCUT2D eigenvalue weighted by atomic mass is 35.5. The van der Waals surface area contributed by atoms with E-state index >= 15 is 0 Å². The first-order valence-electron chi connectivity index (χ1n) is 8.62. The van der Waals surface area contributed by atoms with Gasteiger partial charge in [-0.1, -0.05) is 11.6 Å². The Labute approximate surface area is 162 Å². The first-order valence-corrected chi connectivity index (χ1v) is 9.99. The third-order valence-electron chi connectivity index (χ3n) is 4.27. The Morgan fingerprint density at radius 2 is 1.73 bits per heavy atom. The third-order valence-corrected chi connectivity index (χ3v) is 5.62. The summed E-state index contributed by atoms with van der Waals surface area (Å²) in [4.78, 5) is 29.3. The molecule has 7 heteroatoms. The predicted octanol–water partition coefficient (Wildman–Crippen LogP) is 3.79. The zero-order valence-corrected chi connectivity index (χ0v) is 16.0. The lowest BCUT2D eigenvalue weighted by Crippen LogP contribution is -2.50. The molecule has 0 N–H and O–H groups in total. The molecule has 138 valence electrons. The summed E-state index contributed by atoms with van der Waals surface area (Å²) in [5.41, 5.74) is 0. The van der Waals surface area contributed by atoms with E-state index in [1.807, 2.05) is 29.2 Å².